The standard InChI is InChI=1S/C22H39N.BrH/c1-4-5-6-7-8-9-10-11-12-13-14-15-16-21-20(3)17-19(2)18-22(21)23;/h17-18H,4-16,23H2,1-3H3;1H. The second-order valence-corrected chi connectivity index (χ2v) is 7.29. The molecule has 1 aromatic rings. The van der Waals surface area contributed by atoms with Gasteiger partial charge in [-0.05, 0) is 49.4 Å². The van der Waals surface area contributed by atoms with Crippen LogP contribution >= 0.6 is 17.0 Å². The fraction of sp³-hybridized carbons (Fsp3) is 0.727. The molecule has 0 saturated carbocycles. The molecule has 1 nitrogen and oxygen atoms in total. The third-order valence-electron chi connectivity index (χ3n) is 4.93. The molecule has 0 atom stereocenters. The summed E-state index contributed by atoms with van der Waals surface area (Å²) in [5, 5.41) is 0. The molecule has 0 spiro atoms. The molecule has 0 bridgehead atoms. The zero-order valence-corrected chi connectivity index (χ0v) is 18.0. The van der Waals surface area contributed by atoms with Crippen LogP contribution in [0.25, 0.3) is 0 Å². The molecule has 0 aliphatic heterocycles. The number of unbranched alkanes of at least 4 members (excludes halogenated alkanes) is 11. The average Bonchev–Trinajstić information content (AvgIpc) is 2.50. The van der Waals surface area contributed by atoms with Gasteiger partial charge in [0.15, 0.2) is 0 Å². The molecule has 1 rings (SSSR count). The Balaban J connectivity index is 0.00000529. The van der Waals surface area contributed by atoms with Crippen LogP contribution in [0.4, 0.5) is 5.69 Å². The number of halogens is 1. The molecule has 0 fully saturated rings. The highest BCUT2D eigenvalue weighted by Gasteiger charge is 2.04. The largest absolute Gasteiger partial charge is 0.398 e. The lowest BCUT2D eigenvalue weighted by Gasteiger charge is -2.11. The average molecular weight is 398 g/mol. The number of anilines is 1. The first-order valence-corrected chi connectivity index (χ1v) is 10.0. The van der Waals surface area contributed by atoms with Gasteiger partial charge in [0.2, 0.25) is 0 Å². The zero-order valence-electron chi connectivity index (χ0n) is 16.3. The van der Waals surface area contributed by atoms with Crippen LogP contribution in [0.3, 0.4) is 0 Å². The van der Waals surface area contributed by atoms with Crippen molar-refractivity contribution in [3.8, 4) is 0 Å². The van der Waals surface area contributed by atoms with E-state index < -0.39 is 0 Å². The second kappa shape index (κ2) is 14.8. The third-order valence-corrected chi connectivity index (χ3v) is 4.93. The van der Waals surface area contributed by atoms with Crippen molar-refractivity contribution in [1.82, 2.24) is 0 Å². The number of aryl methyl sites for hydroxylation is 2. The molecule has 0 amide bonds. The highest BCUT2D eigenvalue weighted by Crippen LogP contribution is 2.22. The van der Waals surface area contributed by atoms with Crippen LogP contribution in [0.1, 0.15) is 101 Å². The molecule has 24 heavy (non-hydrogen) atoms. The molecule has 0 aromatic heterocycles. The van der Waals surface area contributed by atoms with E-state index in [1.165, 1.54) is 93.7 Å². The van der Waals surface area contributed by atoms with Crippen molar-refractivity contribution in [2.24, 2.45) is 0 Å². The topological polar surface area (TPSA) is 26.0 Å². The number of nitrogens with two attached hydrogens (primary N) is 1. The highest BCUT2D eigenvalue weighted by molar-refractivity contribution is 8.93. The van der Waals surface area contributed by atoms with Gasteiger partial charge in [-0.1, -0.05) is 83.6 Å². The maximum absolute atomic E-state index is 6.16. The summed E-state index contributed by atoms with van der Waals surface area (Å²) in [5.74, 6) is 0. The Morgan fingerprint density at radius 3 is 1.62 bits per heavy atom. The van der Waals surface area contributed by atoms with Crippen LogP contribution in [0, 0.1) is 13.8 Å². The summed E-state index contributed by atoms with van der Waals surface area (Å²) in [6.45, 7) is 6.60. The Labute approximate surface area is 161 Å². The number of hydrogen-bond acceptors (Lipinski definition) is 1. The van der Waals surface area contributed by atoms with Crippen molar-refractivity contribution in [2.75, 3.05) is 5.73 Å². The Bertz CT molecular complexity index is 405. The molecule has 2 heteroatoms. The van der Waals surface area contributed by atoms with E-state index in [2.05, 4.69) is 32.9 Å². The smallest absolute Gasteiger partial charge is 0.0351 e. The number of nitrogen functional groups attached to an aromatic ring is 1. The first-order chi connectivity index (χ1) is 11.1. The van der Waals surface area contributed by atoms with E-state index >= 15 is 0 Å². The fourth-order valence-corrected chi connectivity index (χ4v) is 3.51. The SMILES string of the molecule is Br.CCCCCCCCCCCCCCc1c(C)cc(C)cc1N. The molecule has 0 aliphatic carbocycles. The highest BCUT2D eigenvalue weighted by atomic mass is 79.9. The van der Waals surface area contributed by atoms with Crippen molar-refractivity contribution in [3.05, 3.63) is 28.8 Å². The minimum atomic E-state index is 0. The van der Waals surface area contributed by atoms with Crippen LogP contribution in [0.15, 0.2) is 12.1 Å². The van der Waals surface area contributed by atoms with Gasteiger partial charge in [-0.2, -0.15) is 0 Å². The van der Waals surface area contributed by atoms with E-state index in [-0.39, 0.29) is 17.0 Å². The Hall–Kier alpha value is -0.500. The molecular formula is C22H40BrN. The Kier molecular flexibility index (Phi) is 14.5. The van der Waals surface area contributed by atoms with E-state index in [4.69, 9.17) is 5.73 Å². The lowest BCUT2D eigenvalue weighted by molar-refractivity contribution is 0.544. The number of rotatable bonds is 13. The zero-order chi connectivity index (χ0) is 16.9. The van der Waals surface area contributed by atoms with Crippen LogP contribution in [0.5, 0.6) is 0 Å². The van der Waals surface area contributed by atoms with Crippen molar-refractivity contribution in [3.63, 3.8) is 0 Å². The molecule has 0 radical (unpaired) electrons. The predicted molar refractivity (Wildman–Crippen MR) is 115 cm³/mol. The van der Waals surface area contributed by atoms with E-state index in [9.17, 15) is 0 Å². The van der Waals surface area contributed by atoms with Gasteiger partial charge in [-0.3, -0.25) is 0 Å². The Morgan fingerprint density at radius 1 is 0.708 bits per heavy atom. The maximum atomic E-state index is 6.16. The summed E-state index contributed by atoms with van der Waals surface area (Å²) in [7, 11) is 0. The monoisotopic (exact) mass is 397 g/mol. The second-order valence-electron chi connectivity index (χ2n) is 7.29. The summed E-state index contributed by atoms with van der Waals surface area (Å²) in [6, 6.07) is 4.37. The van der Waals surface area contributed by atoms with Crippen molar-refractivity contribution in [2.45, 2.75) is 104 Å². The van der Waals surface area contributed by atoms with Gasteiger partial charge < -0.3 is 5.73 Å². The summed E-state index contributed by atoms with van der Waals surface area (Å²) in [4.78, 5) is 0. The van der Waals surface area contributed by atoms with E-state index in [1.54, 1.807) is 0 Å². The lowest BCUT2D eigenvalue weighted by atomic mass is 9.97. The molecular weight excluding hydrogens is 358 g/mol. The predicted octanol–water partition coefficient (Wildman–Crippen LogP) is 7.71. The van der Waals surface area contributed by atoms with Gasteiger partial charge in [0, 0.05) is 5.69 Å². The molecule has 140 valence electrons. The van der Waals surface area contributed by atoms with E-state index in [1.807, 2.05) is 0 Å². The molecule has 0 saturated heterocycles. The fourth-order valence-electron chi connectivity index (χ4n) is 3.51. The number of hydrogen-bond donors (Lipinski definition) is 1. The molecule has 0 unspecified atom stereocenters. The van der Waals surface area contributed by atoms with Crippen molar-refractivity contribution >= 4 is 22.7 Å². The van der Waals surface area contributed by atoms with E-state index in [0.717, 1.165) is 12.1 Å². The minimum absolute atomic E-state index is 0. The lowest BCUT2D eigenvalue weighted by Crippen LogP contribution is -1.99. The maximum Gasteiger partial charge on any atom is 0.0351 e. The van der Waals surface area contributed by atoms with Crippen LogP contribution in [-0.2, 0) is 6.42 Å². The van der Waals surface area contributed by atoms with Gasteiger partial charge in [-0.15, -0.1) is 17.0 Å². The van der Waals surface area contributed by atoms with Gasteiger partial charge in [0.05, 0.1) is 0 Å². The Morgan fingerprint density at radius 2 is 1.17 bits per heavy atom. The normalized spacial score (nSPS) is 10.6. The van der Waals surface area contributed by atoms with E-state index in [0.29, 0.717) is 0 Å². The molecule has 2 N–H and O–H groups in total. The first kappa shape index (κ1) is 23.5. The quantitative estimate of drug-likeness (QED) is 0.267. The molecule has 0 aliphatic rings. The van der Waals surface area contributed by atoms with Crippen molar-refractivity contribution in [1.29, 1.82) is 0 Å². The van der Waals surface area contributed by atoms with Gasteiger partial charge in [0.25, 0.3) is 0 Å². The molecule has 0 heterocycles. The summed E-state index contributed by atoms with van der Waals surface area (Å²) in [6.07, 6.45) is 18.0. The van der Waals surface area contributed by atoms with Gasteiger partial charge in [-0.25, -0.2) is 0 Å². The first-order valence-electron chi connectivity index (χ1n) is 10.0. The minimum Gasteiger partial charge on any atom is -0.398 e. The van der Waals surface area contributed by atoms with Crippen LogP contribution in [0.2, 0.25) is 0 Å². The van der Waals surface area contributed by atoms with Crippen LogP contribution < -0.4 is 5.73 Å². The number of benzene rings is 1. The van der Waals surface area contributed by atoms with Gasteiger partial charge >= 0.3 is 0 Å². The summed E-state index contributed by atoms with van der Waals surface area (Å²) in [5.41, 5.74) is 11.2. The summed E-state index contributed by atoms with van der Waals surface area (Å²) < 4.78 is 0. The molecule has 1 aromatic carbocycles. The summed E-state index contributed by atoms with van der Waals surface area (Å²) >= 11 is 0. The third kappa shape index (κ3) is 10.4. The van der Waals surface area contributed by atoms with Crippen LogP contribution in [-0.4, -0.2) is 0 Å². The van der Waals surface area contributed by atoms with Gasteiger partial charge in [0.1, 0.15) is 0 Å². The van der Waals surface area contributed by atoms with Crippen molar-refractivity contribution < 1.29 is 0 Å².